The molecule has 1 saturated heterocycles. The molecule has 8 heteroatoms. The average Bonchev–Trinajstić information content (AvgIpc) is 3.09. The van der Waals surface area contributed by atoms with Gasteiger partial charge in [0.15, 0.2) is 5.58 Å². The van der Waals surface area contributed by atoms with Gasteiger partial charge in [-0.05, 0) is 31.2 Å². The summed E-state index contributed by atoms with van der Waals surface area (Å²) >= 11 is 0. The van der Waals surface area contributed by atoms with Crippen molar-refractivity contribution in [3.63, 3.8) is 0 Å². The van der Waals surface area contributed by atoms with E-state index in [1.54, 1.807) is 41.0 Å². The Morgan fingerprint density at radius 2 is 1.55 bits per heavy atom. The van der Waals surface area contributed by atoms with E-state index in [0.717, 1.165) is 5.69 Å². The minimum absolute atomic E-state index is 0.165. The number of nitrogens with zero attached hydrogens (tertiary/aromatic N) is 3. The molecule has 3 amide bonds. The number of hydrogen-bond donors (Lipinski definition) is 1. The molecule has 2 aromatic carbocycles. The topological polar surface area (TPSA) is 87.8 Å². The normalized spacial score (nSPS) is 15.3. The van der Waals surface area contributed by atoms with Gasteiger partial charge in [0.1, 0.15) is 6.04 Å². The van der Waals surface area contributed by atoms with E-state index in [1.165, 1.54) is 4.57 Å². The molecule has 1 aliphatic heterocycles. The number of nitrogens with one attached hydrogen (secondary N) is 1. The molecule has 1 unspecified atom stereocenters. The van der Waals surface area contributed by atoms with E-state index >= 15 is 0 Å². The fourth-order valence-electron chi connectivity index (χ4n) is 3.58. The largest absolute Gasteiger partial charge is 0.420 e. The molecule has 8 nitrogen and oxygen atoms in total. The van der Waals surface area contributed by atoms with E-state index in [1.807, 2.05) is 30.3 Å². The molecule has 2 heterocycles. The van der Waals surface area contributed by atoms with Crippen LogP contribution in [0.4, 0.5) is 10.5 Å². The third-order valence-corrected chi connectivity index (χ3v) is 5.17. The lowest BCUT2D eigenvalue weighted by molar-refractivity contribution is -0.135. The number of oxazole rings is 1. The summed E-state index contributed by atoms with van der Waals surface area (Å²) in [6.45, 7) is 3.38. The van der Waals surface area contributed by atoms with Crippen molar-refractivity contribution < 1.29 is 14.0 Å². The van der Waals surface area contributed by atoms with Gasteiger partial charge in [-0.3, -0.25) is 9.36 Å². The van der Waals surface area contributed by atoms with Crippen LogP contribution in [0.5, 0.6) is 0 Å². The third kappa shape index (κ3) is 3.73. The van der Waals surface area contributed by atoms with Crippen molar-refractivity contribution in [3.8, 4) is 0 Å². The predicted molar refractivity (Wildman–Crippen MR) is 109 cm³/mol. The summed E-state index contributed by atoms with van der Waals surface area (Å²) in [6, 6.07) is 15.4. The molecule has 1 atom stereocenters. The molecule has 1 N–H and O–H groups in total. The summed E-state index contributed by atoms with van der Waals surface area (Å²) in [6.07, 6.45) is 0. The van der Waals surface area contributed by atoms with Gasteiger partial charge in [-0.1, -0.05) is 30.3 Å². The van der Waals surface area contributed by atoms with Crippen molar-refractivity contribution in [1.29, 1.82) is 0 Å². The molecule has 1 fully saturated rings. The molecule has 0 saturated carbocycles. The van der Waals surface area contributed by atoms with E-state index in [0.29, 0.717) is 37.3 Å². The molecular weight excluding hydrogens is 372 g/mol. The van der Waals surface area contributed by atoms with Gasteiger partial charge in [0, 0.05) is 31.9 Å². The van der Waals surface area contributed by atoms with Crippen LogP contribution in [0.25, 0.3) is 11.1 Å². The second-order valence-electron chi connectivity index (χ2n) is 6.99. The molecular formula is C21H22N4O4. The predicted octanol–water partition coefficient (Wildman–Crippen LogP) is 2.53. The Balaban J connectivity index is 1.40. The molecule has 0 radical (unpaired) electrons. The number of rotatable bonds is 3. The first-order chi connectivity index (χ1) is 14.0. The van der Waals surface area contributed by atoms with Crippen LogP contribution < -0.4 is 11.1 Å². The van der Waals surface area contributed by atoms with Crippen molar-refractivity contribution in [1.82, 2.24) is 14.4 Å². The molecule has 0 bridgehead atoms. The second kappa shape index (κ2) is 7.83. The monoisotopic (exact) mass is 394 g/mol. The van der Waals surface area contributed by atoms with Crippen LogP contribution in [0.1, 0.15) is 13.0 Å². The lowest BCUT2D eigenvalue weighted by Gasteiger charge is -2.36. The smallest absolute Gasteiger partial charge is 0.408 e. The van der Waals surface area contributed by atoms with Gasteiger partial charge in [-0.2, -0.15) is 0 Å². The highest BCUT2D eigenvalue weighted by Crippen LogP contribution is 2.19. The summed E-state index contributed by atoms with van der Waals surface area (Å²) in [5.74, 6) is -0.713. The minimum Gasteiger partial charge on any atom is -0.408 e. The number of para-hydroxylation sites is 3. The average molecular weight is 394 g/mol. The number of carbonyl (C=O) groups excluding carboxylic acids is 2. The number of amides is 3. The summed E-state index contributed by atoms with van der Waals surface area (Å²) < 4.78 is 6.62. The summed E-state index contributed by atoms with van der Waals surface area (Å²) in [5.41, 5.74) is 1.79. The first-order valence-electron chi connectivity index (χ1n) is 9.54. The highest BCUT2D eigenvalue weighted by molar-refractivity contribution is 5.89. The van der Waals surface area contributed by atoms with Crippen molar-refractivity contribution in [3.05, 3.63) is 65.1 Å². The zero-order valence-electron chi connectivity index (χ0n) is 16.1. The number of hydrogen-bond acceptors (Lipinski definition) is 4. The van der Waals surface area contributed by atoms with E-state index in [4.69, 9.17) is 4.42 Å². The van der Waals surface area contributed by atoms with E-state index in [2.05, 4.69) is 5.32 Å². The molecule has 29 heavy (non-hydrogen) atoms. The van der Waals surface area contributed by atoms with Crippen LogP contribution in [-0.2, 0) is 4.79 Å². The number of urea groups is 1. The molecule has 150 valence electrons. The maximum absolute atomic E-state index is 13.0. The Morgan fingerprint density at radius 1 is 0.931 bits per heavy atom. The standard InChI is InChI=1S/C21H22N4O4/c1-15(25-17-9-5-6-10-18(17)29-21(25)28)19(26)23-11-13-24(14-12-23)20(27)22-16-7-3-2-4-8-16/h2-10,15H,11-14H2,1H3,(H,22,27). The number of carbonyl (C=O) groups is 2. The summed E-state index contributed by atoms with van der Waals surface area (Å²) in [5, 5.41) is 2.85. The van der Waals surface area contributed by atoms with Crippen LogP contribution in [0.2, 0.25) is 0 Å². The Hall–Kier alpha value is -3.55. The highest BCUT2D eigenvalue weighted by atomic mass is 16.4. The maximum atomic E-state index is 13.0. The molecule has 4 rings (SSSR count). The van der Waals surface area contributed by atoms with Gasteiger partial charge < -0.3 is 19.5 Å². The van der Waals surface area contributed by atoms with Gasteiger partial charge in [0.25, 0.3) is 0 Å². The van der Waals surface area contributed by atoms with Gasteiger partial charge in [-0.25, -0.2) is 9.59 Å². The fraction of sp³-hybridized carbons (Fsp3) is 0.286. The van der Waals surface area contributed by atoms with E-state index < -0.39 is 11.8 Å². The van der Waals surface area contributed by atoms with Crippen LogP contribution in [0, 0.1) is 0 Å². The Kier molecular flexibility index (Phi) is 5.07. The first-order valence-corrected chi connectivity index (χ1v) is 9.54. The van der Waals surface area contributed by atoms with Crippen LogP contribution in [-0.4, -0.2) is 52.5 Å². The molecule has 0 aliphatic carbocycles. The Morgan fingerprint density at radius 3 is 2.28 bits per heavy atom. The minimum atomic E-state index is -0.684. The third-order valence-electron chi connectivity index (χ3n) is 5.17. The lowest BCUT2D eigenvalue weighted by atomic mass is 10.2. The molecule has 1 aliphatic rings. The summed E-state index contributed by atoms with van der Waals surface area (Å²) in [7, 11) is 0. The lowest BCUT2D eigenvalue weighted by Crippen LogP contribution is -2.53. The first kappa shape index (κ1) is 18.8. The summed E-state index contributed by atoms with van der Waals surface area (Å²) in [4.78, 5) is 41.0. The van der Waals surface area contributed by atoms with Crippen molar-refractivity contribution >= 4 is 28.7 Å². The number of piperazine rings is 1. The van der Waals surface area contributed by atoms with Crippen molar-refractivity contribution in [2.24, 2.45) is 0 Å². The molecule has 1 aromatic heterocycles. The maximum Gasteiger partial charge on any atom is 0.420 e. The van der Waals surface area contributed by atoms with E-state index in [9.17, 15) is 14.4 Å². The number of aromatic nitrogens is 1. The number of fused-ring (bicyclic) bond motifs is 1. The zero-order chi connectivity index (χ0) is 20.4. The second-order valence-corrected chi connectivity index (χ2v) is 6.99. The van der Waals surface area contributed by atoms with Gasteiger partial charge in [-0.15, -0.1) is 0 Å². The molecule has 3 aromatic rings. The van der Waals surface area contributed by atoms with E-state index in [-0.39, 0.29) is 11.9 Å². The number of benzene rings is 2. The van der Waals surface area contributed by atoms with Crippen molar-refractivity contribution in [2.45, 2.75) is 13.0 Å². The Bertz CT molecular complexity index is 1080. The highest BCUT2D eigenvalue weighted by Gasteiger charge is 2.29. The molecule has 0 spiro atoms. The van der Waals surface area contributed by atoms with Crippen molar-refractivity contribution in [2.75, 3.05) is 31.5 Å². The van der Waals surface area contributed by atoms with Crippen LogP contribution in [0.3, 0.4) is 0 Å². The zero-order valence-corrected chi connectivity index (χ0v) is 16.1. The van der Waals surface area contributed by atoms with Gasteiger partial charge >= 0.3 is 11.8 Å². The van der Waals surface area contributed by atoms with Gasteiger partial charge in [0.05, 0.1) is 5.52 Å². The quantitative estimate of drug-likeness (QED) is 0.739. The SMILES string of the molecule is CC(C(=O)N1CCN(C(=O)Nc2ccccc2)CC1)n1c(=O)oc2ccccc21. The van der Waals surface area contributed by atoms with Crippen LogP contribution >= 0.6 is 0 Å². The van der Waals surface area contributed by atoms with Crippen LogP contribution in [0.15, 0.2) is 63.8 Å². The fourth-order valence-corrected chi connectivity index (χ4v) is 3.58. The Labute approximate surface area is 167 Å². The van der Waals surface area contributed by atoms with Gasteiger partial charge in [0.2, 0.25) is 5.91 Å². The number of anilines is 1.